The Morgan fingerprint density at radius 2 is 1.86 bits per heavy atom. The third-order valence-corrected chi connectivity index (χ3v) is 5.24. The van der Waals surface area contributed by atoms with E-state index in [9.17, 15) is 0 Å². The van der Waals surface area contributed by atoms with Gasteiger partial charge in [-0.05, 0) is 65.2 Å². The summed E-state index contributed by atoms with van der Waals surface area (Å²) in [6, 6.07) is 17.7. The van der Waals surface area contributed by atoms with Crippen LogP contribution in [0.15, 0.2) is 64.1 Å². The molecule has 0 radical (unpaired) electrons. The highest BCUT2D eigenvalue weighted by atomic mass is 79.9. The van der Waals surface area contributed by atoms with Crippen LogP contribution in [0.3, 0.4) is 0 Å². The molecule has 0 aliphatic rings. The molecule has 0 aliphatic carbocycles. The Labute approximate surface area is 179 Å². The second-order valence-electron chi connectivity index (χ2n) is 6.46. The van der Waals surface area contributed by atoms with Crippen LogP contribution in [0.5, 0.6) is 11.5 Å². The molecule has 0 spiro atoms. The van der Waals surface area contributed by atoms with E-state index in [-0.39, 0.29) is 0 Å². The monoisotopic (exact) mass is 457 g/mol. The molecule has 0 N–H and O–H groups in total. The van der Waals surface area contributed by atoms with E-state index in [1.165, 1.54) is 5.56 Å². The molecule has 0 aliphatic heterocycles. The van der Waals surface area contributed by atoms with Gasteiger partial charge in [-0.3, -0.25) is 4.99 Å². The van der Waals surface area contributed by atoms with Gasteiger partial charge in [0.1, 0.15) is 6.61 Å². The second kappa shape index (κ2) is 9.26. The van der Waals surface area contributed by atoms with Crippen LogP contribution >= 0.6 is 27.5 Å². The Hall–Kier alpha value is -2.30. The molecule has 0 amide bonds. The molecule has 0 atom stereocenters. The fourth-order valence-corrected chi connectivity index (χ4v) is 3.58. The molecule has 0 heterocycles. The van der Waals surface area contributed by atoms with Crippen LogP contribution in [0.2, 0.25) is 5.02 Å². The lowest BCUT2D eigenvalue weighted by atomic mass is 10.1. The highest BCUT2D eigenvalue weighted by Crippen LogP contribution is 2.37. The van der Waals surface area contributed by atoms with Crippen molar-refractivity contribution < 1.29 is 9.47 Å². The fourth-order valence-electron chi connectivity index (χ4n) is 2.81. The van der Waals surface area contributed by atoms with Gasteiger partial charge in [0.25, 0.3) is 0 Å². The van der Waals surface area contributed by atoms with Gasteiger partial charge < -0.3 is 9.47 Å². The van der Waals surface area contributed by atoms with Crippen LogP contribution in [0.4, 0.5) is 5.69 Å². The Bertz CT molecular complexity index is 1020. The first-order chi connectivity index (χ1) is 13.5. The van der Waals surface area contributed by atoms with Gasteiger partial charge in [-0.25, -0.2) is 0 Å². The molecule has 0 saturated heterocycles. The van der Waals surface area contributed by atoms with Gasteiger partial charge in [0.15, 0.2) is 11.5 Å². The molecule has 3 rings (SSSR count). The lowest BCUT2D eigenvalue weighted by Crippen LogP contribution is -2.00. The first kappa shape index (κ1) is 20.4. The minimum absolute atomic E-state index is 0.352. The zero-order chi connectivity index (χ0) is 20.1. The van der Waals surface area contributed by atoms with E-state index in [0.717, 1.165) is 26.9 Å². The number of aliphatic imine (C=N–C) groups is 1. The Morgan fingerprint density at radius 3 is 2.57 bits per heavy atom. The summed E-state index contributed by atoms with van der Waals surface area (Å²) in [5, 5.41) is 0.676. The van der Waals surface area contributed by atoms with Crippen molar-refractivity contribution >= 4 is 39.4 Å². The van der Waals surface area contributed by atoms with E-state index in [4.69, 9.17) is 21.1 Å². The van der Waals surface area contributed by atoms with Crippen LogP contribution in [-0.2, 0) is 6.61 Å². The minimum atomic E-state index is 0.352. The van der Waals surface area contributed by atoms with E-state index < -0.39 is 0 Å². The van der Waals surface area contributed by atoms with Crippen molar-refractivity contribution in [1.29, 1.82) is 0 Å². The zero-order valence-corrected chi connectivity index (χ0v) is 18.3. The third-order valence-electron chi connectivity index (χ3n) is 4.29. The van der Waals surface area contributed by atoms with Crippen LogP contribution < -0.4 is 9.47 Å². The molecule has 0 saturated carbocycles. The lowest BCUT2D eigenvalue weighted by Gasteiger charge is -2.14. The van der Waals surface area contributed by atoms with Crippen molar-refractivity contribution in [2.75, 3.05) is 7.11 Å². The molecule has 5 heteroatoms. The van der Waals surface area contributed by atoms with Gasteiger partial charge in [-0.1, -0.05) is 47.5 Å². The van der Waals surface area contributed by atoms with Crippen molar-refractivity contribution in [3.05, 3.63) is 86.3 Å². The largest absolute Gasteiger partial charge is 0.493 e. The number of ether oxygens (including phenoxy) is 2. The highest BCUT2D eigenvalue weighted by Gasteiger charge is 2.12. The quantitative estimate of drug-likeness (QED) is 0.370. The predicted octanol–water partition coefficient (Wildman–Crippen LogP) is 7.06. The van der Waals surface area contributed by atoms with Gasteiger partial charge in [0.05, 0.1) is 17.3 Å². The number of hydrogen-bond donors (Lipinski definition) is 0. The van der Waals surface area contributed by atoms with E-state index in [2.05, 4.69) is 46.9 Å². The number of benzene rings is 3. The molecule has 3 nitrogen and oxygen atoms in total. The van der Waals surface area contributed by atoms with Crippen LogP contribution in [0, 0.1) is 13.8 Å². The Kier molecular flexibility index (Phi) is 6.76. The standard InChI is InChI=1S/C23H21BrClNO2/c1-15-8-9-21(16(2)10-15)26-13-17-11-19(24)23(22(12-17)27-3)28-14-18-6-4-5-7-20(18)25/h4-13H,14H2,1-3H3. The lowest BCUT2D eigenvalue weighted by molar-refractivity contribution is 0.282. The summed E-state index contributed by atoms with van der Waals surface area (Å²) in [5.41, 5.74) is 5.13. The average Bonchev–Trinajstić information content (AvgIpc) is 2.67. The Morgan fingerprint density at radius 1 is 1.07 bits per heavy atom. The van der Waals surface area contributed by atoms with Gasteiger partial charge in [-0.2, -0.15) is 0 Å². The molecule has 3 aromatic carbocycles. The molecule has 3 aromatic rings. The molecule has 0 fully saturated rings. The van der Waals surface area contributed by atoms with E-state index in [1.54, 1.807) is 7.11 Å². The number of methoxy groups -OCH3 is 1. The number of aryl methyl sites for hydroxylation is 2. The van der Waals surface area contributed by atoms with E-state index in [1.807, 2.05) is 48.7 Å². The zero-order valence-electron chi connectivity index (χ0n) is 16.0. The first-order valence-corrected chi connectivity index (χ1v) is 10.00. The highest BCUT2D eigenvalue weighted by molar-refractivity contribution is 9.10. The van der Waals surface area contributed by atoms with Crippen molar-refractivity contribution in [1.82, 2.24) is 0 Å². The SMILES string of the molecule is COc1cc(C=Nc2ccc(C)cc2C)cc(Br)c1OCc1ccccc1Cl. The van der Waals surface area contributed by atoms with Gasteiger partial charge in [0, 0.05) is 16.8 Å². The van der Waals surface area contributed by atoms with Gasteiger partial charge >= 0.3 is 0 Å². The smallest absolute Gasteiger partial charge is 0.175 e. The summed E-state index contributed by atoms with van der Waals surface area (Å²) in [7, 11) is 1.62. The third kappa shape index (κ3) is 4.94. The molecule has 0 bridgehead atoms. The van der Waals surface area contributed by atoms with Crippen molar-refractivity contribution in [2.24, 2.45) is 4.99 Å². The molecule has 144 valence electrons. The van der Waals surface area contributed by atoms with Gasteiger partial charge in [-0.15, -0.1) is 0 Å². The minimum Gasteiger partial charge on any atom is -0.493 e. The topological polar surface area (TPSA) is 30.8 Å². The van der Waals surface area contributed by atoms with Crippen molar-refractivity contribution in [2.45, 2.75) is 20.5 Å². The predicted molar refractivity (Wildman–Crippen MR) is 120 cm³/mol. The van der Waals surface area contributed by atoms with Crippen LogP contribution in [0.25, 0.3) is 0 Å². The number of rotatable bonds is 6. The summed E-state index contributed by atoms with van der Waals surface area (Å²) in [5.74, 6) is 1.26. The number of halogens is 2. The summed E-state index contributed by atoms with van der Waals surface area (Å²) in [6.45, 7) is 4.48. The average molecular weight is 459 g/mol. The first-order valence-electron chi connectivity index (χ1n) is 8.83. The number of hydrogen-bond acceptors (Lipinski definition) is 3. The molecular weight excluding hydrogens is 438 g/mol. The van der Waals surface area contributed by atoms with Crippen LogP contribution in [-0.4, -0.2) is 13.3 Å². The summed E-state index contributed by atoms with van der Waals surface area (Å²) >= 11 is 9.79. The summed E-state index contributed by atoms with van der Waals surface area (Å²) in [6.07, 6.45) is 1.82. The molecule has 28 heavy (non-hydrogen) atoms. The summed E-state index contributed by atoms with van der Waals surface area (Å²) < 4.78 is 12.3. The van der Waals surface area contributed by atoms with Crippen LogP contribution in [0.1, 0.15) is 22.3 Å². The maximum atomic E-state index is 6.21. The maximum absolute atomic E-state index is 6.21. The molecule has 0 unspecified atom stereocenters. The van der Waals surface area contributed by atoms with Gasteiger partial charge in [0.2, 0.25) is 0 Å². The normalized spacial score (nSPS) is 11.0. The second-order valence-corrected chi connectivity index (χ2v) is 7.72. The summed E-state index contributed by atoms with van der Waals surface area (Å²) in [4.78, 5) is 4.61. The van der Waals surface area contributed by atoms with E-state index >= 15 is 0 Å². The fraction of sp³-hybridized carbons (Fsp3) is 0.174. The number of nitrogens with zero attached hydrogens (tertiary/aromatic N) is 1. The molecule has 0 aromatic heterocycles. The van der Waals surface area contributed by atoms with Crippen molar-refractivity contribution in [3.8, 4) is 11.5 Å². The molecular formula is C23H21BrClNO2. The Balaban J connectivity index is 1.83. The van der Waals surface area contributed by atoms with E-state index in [0.29, 0.717) is 23.1 Å². The van der Waals surface area contributed by atoms with Crippen molar-refractivity contribution in [3.63, 3.8) is 0 Å². The maximum Gasteiger partial charge on any atom is 0.175 e.